The third-order valence-corrected chi connectivity index (χ3v) is 5.47. The molecule has 0 spiro atoms. The van der Waals surface area contributed by atoms with Gasteiger partial charge < -0.3 is 4.74 Å². The van der Waals surface area contributed by atoms with Gasteiger partial charge in [-0.3, -0.25) is 10.1 Å². The molecule has 3 atom stereocenters. The van der Waals surface area contributed by atoms with E-state index in [1.165, 1.54) is 51.4 Å². The Bertz CT molecular complexity index is 324. The highest BCUT2D eigenvalue weighted by Crippen LogP contribution is 2.51. The molecule has 0 aromatic rings. The maximum atomic E-state index is 12.3. The molecule has 0 amide bonds. The molecule has 3 rings (SSSR count). The smallest absolute Gasteiger partial charge is 0.326 e. The normalized spacial score (nSPS) is 40.1. The van der Waals surface area contributed by atoms with Crippen molar-refractivity contribution in [2.24, 2.45) is 11.8 Å². The van der Waals surface area contributed by atoms with Crippen LogP contribution >= 0.6 is 0 Å². The summed E-state index contributed by atoms with van der Waals surface area (Å²) in [4.78, 5) is 12.3. The minimum Gasteiger partial charge on any atom is -0.468 e. The summed E-state index contributed by atoms with van der Waals surface area (Å²) in [5.41, 5.74) is -0.334. The fraction of sp³-hybridized carbons (Fsp3) is 0.933. The second-order valence-corrected chi connectivity index (χ2v) is 6.52. The fourth-order valence-corrected chi connectivity index (χ4v) is 4.61. The van der Waals surface area contributed by atoms with Crippen molar-refractivity contribution < 1.29 is 9.53 Å². The van der Waals surface area contributed by atoms with E-state index in [2.05, 4.69) is 5.32 Å². The van der Waals surface area contributed by atoms with Crippen LogP contribution in [0.4, 0.5) is 0 Å². The van der Waals surface area contributed by atoms with Gasteiger partial charge in [0.25, 0.3) is 0 Å². The van der Waals surface area contributed by atoms with Gasteiger partial charge in [-0.2, -0.15) is 0 Å². The molecule has 0 radical (unpaired) electrons. The molecular formula is C15H25NO2. The van der Waals surface area contributed by atoms with Gasteiger partial charge in [0.05, 0.1) is 7.11 Å². The van der Waals surface area contributed by atoms with E-state index >= 15 is 0 Å². The van der Waals surface area contributed by atoms with Crippen LogP contribution in [0, 0.1) is 11.8 Å². The number of nitrogens with one attached hydrogen (secondary N) is 1. The van der Waals surface area contributed by atoms with E-state index in [1.54, 1.807) is 7.11 Å². The van der Waals surface area contributed by atoms with E-state index in [0.717, 1.165) is 12.3 Å². The van der Waals surface area contributed by atoms with Crippen LogP contribution in [0.2, 0.25) is 0 Å². The van der Waals surface area contributed by atoms with Gasteiger partial charge in [-0.25, -0.2) is 0 Å². The molecule has 2 bridgehead atoms. The zero-order chi connectivity index (χ0) is 12.6. The van der Waals surface area contributed by atoms with Crippen LogP contribution in [-0.2, 0) is 9.53 Å². The number of methoxy groups -OCH3 is 1. The first kappa shape index (κ1) is 12.5. The first-order valence-electron chi connectivity index (χ1n) is 7.61. The fourth-order valence-electron chi connectivity index (χ4n) is 4.61. The van der Waals surface area contributed by atoms with Gasteiger partial charge in [-0.15, -0.1) is 0 Å². The summed E-state index contributed by atoms with van der Waals surface area (Å²) in [5.74, 6) is 1.28. The summed E-state index contributed by atoms with van der Waals surface area (Å²) in [7, 11) is 1.54. The number of hydrogen-bond acceptors (Lipinski definition) is 3. The minimum absolute atomic E-state index is 0.000253. The zero-order valence-corrected chi connectivity index (χ0v) is 11.4. The molecule has 0 aromatic carbocycles. The number of fused-ring (bicyclic) bond motifs is 2. The SMILES string of the molecule is COC(=O)C1(NC2CCCCC2)CC2CCC1C2. The van der Waals surface area contributed by atoms with Crippen molar-refractivity contribution in [3.63, 3.8) is 0 Å². The van der Waals surface area contributed by atoms with Crippen LogP contribution in [0.15, 0.2) is 0 Å². The van der Waals surface area contributed by atoms with Crippen LogP contribution in [0.3, 0.4) is 0 Å². The van der Waals surface area contributed by atoms with Crippen molar-refractivity contribution in [3.05, 3.63) is 0 Å². The second-order valence-electron chi connectivity index (χ2n) is 6.52. The first-order chi connectivity index (χ1) is 8.74. The Kier molecular flexibility index (Phi) is 3.35. The number of ether oxygens (including phenoxy) is 1. The van der Waals surface area contributed by atoms with Gasteiger partial charge in [-0.1, -0.05) is 25.7 Å². The van der Waals surface area contributed by atoms with E-state index in [1.807, 2.05) is 0 Å². The van der Waals surface area contributed by atoms with Crippen LogP contribution in [0.5, 0.6) is 0 Å². The van der Waals surface area contributed by atoms with E-state index in [9.17, 15) is 4.79 Å². The van der Waals surface area contributed by atoms with E-state index < -0.39 is 0 Å². The molecule has 18 heavy (non-hydrogen) atoms. The molecule has 0 heterocycles. The lowest BCUT2D eigenvalue weighted by Gasteiger charge is -2.40. The molecule has 3 aliphatic carbocycles. The summed E-state index contributed by atoms with van der Waals surface area (Å²) in [6, 6.07) is 0.539. The lowest BCUT2D eigenvalue weighted by Crippen LogP contribution is -2.59. The molecule has 3 unspecified atom stereocenters. The van der Waals surface area contributed by atoms with Crippen LogP contribution < -0.4 is 5.32 Å². The maximum Gasteiger partial charge on any atom is 0.326 e. The highest BCUT2D eigenvalue weighted by Gasteiger charge is 2.56. The molecule has 3 saturated carbocycles. The minimum atomic E-state index is -0.334. The standard InChI is InChI=1S/C15H25NO2/c1-18-14(17)15(10-11-7-8-12(15)9-11)16-13-5-3-2-4-6-13/h11-13,16H,2-10H2,1H3. The number of carbonyl (C=O) groups excluding carboxylic acids is 1. The van der Waals surface area contributed by atoms with Crippen molar-refractivity contribution in [1.29, 1.82) is 0 Å². The average Bonchev–Trinajstić information content (AvgIpc) is 3.00. The van der Waals surface area contributed by atoms with Crippen molar-refractivity contribution in [2.45, 2.75) is 69.4 Å². The summed E-state index contributed by atoms with van der Waals surface area (Å²) < 4.78 is 5.13. The second kappa shape index (κ2) is 4.84. The van der Waals surface area contributed by atoms with E-state index in [4.69, 9.17) is 4.74 Å². The molecule has 3 heteroatoms. The molecule has 3 nitrogen and oxygen atoms in total. The number of rotatable bonds is 3. The van der Waals surface area contributed by atoms with Crippen molar-refractivity contribution in [3.8, 4) is 0 Å². The monoisotopic (exact) mass is 251 g/mol. The van der Waals surface area contributed by atoms with Gasteiger partial charge in [0.15, 0.2) is 0 Å². The van der Waals surface area contributed by atoms with Crippen molar-refractivity contribution in [2.75, 3.05) is 7.11 Å². The molecule has 0 aliphatic heterocycles. The lowest BCUT2D eigenvalue weighted by atomic mass is 9.79. The number of carbonyl (C=O) groups is 1. The first-order valence-corrected chi connectivity index (χ1v) is 7.61. The van der Waals surface area contributed by atoms with Crippen LogP contribution in [0.25, 0.3) is 0 Å². The summed E-state index contributed by atoms with van der Waals surface area (Å²) in [5, 5.41) is 3.74. The van der Waals surface area contributed by atoms with Gasteiger partial charge in [0.2, 0.25) is 0 Å². The number of esters is 1. The summed E-state index contributed by atoms with van der Waals surface area (Å²) in [6.45, 7) is 0. The van der Waals surface area contributed by atoms with Crippen molar-refractivity contribution in [1.82, 2.24) is 5.32 Å². The topological polar surface area (TPSA) is 38.3 Å². The largest absolute Gasteiger partial charge is 0.468 e. The molecule has 3 aliphatic rings. The Morgan fingerprint density at radius 1 is 1.17 bits per heavy atom. The van der Waals surface area contributed by atoms with Crippen LogP contribution in [0.1, 0.15) is 57.8 Å². The Labute approximate surface area is 110 Å². The predicted octanol–water partition coefficient (Wildman–Crippen LogP) is 2.64. The molecular weight excluding hydrogens is 226 g/mol. The highest BCUT2D eigenvalue weighted by molar-refractivity contribution is 5.82. The Morgan fingerprint density at radius 2 is 1.94 bits per heavy atom. The van der Waals surface area contributed by atoms with Gasteiger partial charge in [0.1, 0.15) is 5.54 Å². The zero-order valence-electron chi connectivity index (χ0n) is 11.4. The molecule has 0 aromatic heterocycles. The molecule has 102 valence electrons. The Morgan fingerprint density at radius 3 is 2.50 bits per heavy atom. The summed E-state index contributed by atoms with van der Waals surface area (Å²) in [6.07, 6.45) is 11.2. The highest BCUT2D eigenvalue weighted by atomic mass is 16.5. The average molecular weight is 251 g/mol. The van der Waals surface area contributed by atoms with Gasteiger partial charge in [-0.05, 0) is 43.9 Å². The third-order valence-electron chi connectivity index (χ3n) is 5.47. The molecule has 3 fully saturated rings. The van der Waals surface area contributed by atoms with Crippen LogP contribution in [-0.4, -0.2) is 24.7 Å². The molecule has 1 N–H and O–H groups in total. The number of hydrogen-bond donors (Lipinski definition) is 1. The van der Waals surface area contributed by atoms with Gasteiger partial charge >= 0.3 is 5.97 Å². The van der Waals surface area contributed by atoms with E-state index in [-0.39, 0.29) is 11.5 Å². The van der Waals surface area contributed by atoms with E-state index in [0.29, 0.717) is 12.0 Å². The van der Waals surface area contributed by atoms with Gasteiger partial charge in [0, 0.05) is 6.04 Å². The van der Waals surface area contributed by atoms with Crippen molar-refractivity contribution >= 4 is 5.97 Å². The third kappa shape index (κ3) is 1.97. The predicted molar refractivity (Wildman–Crippen MR) is 70.2 cm³/mol. The lowest BCUT2D eigenvalue weighted by molar-refractivity contribution is -0.151. The summed E-state index contributed by atoms with van der Waals surface area (Å²) >= 11 is 0. The quantitative estimate of drug-likeness (QED) is 0.784. The Hall–Kier alpha value is -0.570. The maximum absolute atomic E-state index is 12.3. The molecule has 0 saturated heterocycles. The Balaban J connectivity index is 1.75.